The molecule has 0 aliphatic rings. The van der Waals surface area contributed by atoms with E-state index in [0.717, 1.165) is 24.1 Å². The lowest BCUT2D eigenvalue weighted by atomic mass is 9.90. The van der Waals surface area contributed by atoms with Gasteiger partial charge < -0.3 is 14.2 Å². The van der Waals surface area contributed by atoms with E-state index in [1.54, 1.807) is 31.4 Å². The number of hydrogen-bond acceptors (Lipinski definition) is 3. The average molecular weight is 382 g/mol. The summed E-state index contributed by atoms with van der Waals surface area (Å²) in [7, 11) is 1.67. The first-order valence-corrected chi connectivity index (χ1v) is 8.74. The zero-order valence-corrected chi connectivity index (χ0v) is 15.8. The summed E-state index contributed by atoms with van der Waals surface area (Å²) in [6.07, 6.45) is -3.39. The predicted molar refractivity (Wildman–Crippen MR) is 98.6 cm³/mol. The third-order valence-electron chi connectivity index (χ3n) is 4.51. The number of methoxy groups -OCH3 is 1. The van der Waals surface area contributed by atoms with E-state index < -0.39 is 11.7 Å². The Hall–Kier alpha value is -2.05. The molecule has 0 saturated carbocycles. The molecule has 0 bridgehead atoms. The Morgan fingerprint density at radius 3 is 1.89 bits per heavy atom. The smallest absolute Gasteiger partial charge is 0.416 e. The van der Waals surface area contributed by atoms with E-state index in [4.69, 9.17) is 14.2 Å². The molecule has 0 aliphatic heterocycles. The standard InChI is InChI=1S/C21H25F3O3/c1-4-20(2,13-25-3)14-26-15-27-19-11-7-17(8-12-19)16-5-9-18(10-6-16)21(22,23)24/h5-12H,4,13-15H2,1-3H3. The van der Waals surface area contributed by atoms with Crippen LogP contribution in [0.15, 0.2) is 48.5 Å². The van der Waals surface area contributed by atoms with E-state index in [1.807, 2.05) is 0 Å². The molecule has 0 aromatic heterocycles. The summed E-state index contributed by atoms with van der Waals surface area (Å²) in [5, 5.41) is 0. The van der Waals surface area contributed by atoms with Crippen molar-refractivity contribution in [3.8, 4) is 16.9 Å². The van der Waals surface area contributed by atoms with Crippen molar-refractivity contribution in [3.63, 3.8) is 0 Å². The number of rotatable bonds is 9. The predicted octanol–water partition coefficient (Wildman–Crippen LogP) is 5.79. The summed E-state index contributed by atoms with van der Waals surface area (Å²) in [6.45, 7) is 5.45. The Kier molecular flexibility index (Phi) is 7.27. The SMILES string of the molecule is CCC(C)(COC)COCOc1ccc(-c2ccc(C(F)(F)F)cc2)cc1. The van der Waals surface area contributed by atoms with E-state index in [-0.39, 0.29) is 12.2 Å². The lowest BCUT2D eigenvalue weighted by Crippen LogP contribution is -2.28. The van der Waals surface area contributed by atoms with Crippen LogP contribution >= 0.6 is 0 Å². The van der Waals surface area contributed by atoms with Crippen molar-refractivity contribution < 1.29 is 27.4 Å². The molecular weight excluding hydrogens is 357 g/mol. The summed E-state index contributed by atoms with van der Waals surface area (Å²) < 4.78 is 54.3. The van der Waals surface area contributed by atoms with Gasteiger partial charge in [0.2, 0.25) is 0 Å². The summed E-state index contributed by atoms with van der Waals surface area (Å²) in [5.74, 6) is 0.635. The highest BCUT2D eigenvalue weighted by Gasteiger charge is 2.29. The van der Waals surface area contributed by atoms with Gasteiger partial charge in [0.1, 0.15) is 5.75 Å². The van der Waals surface area contributed by atoms with Crippen LogP contribution in [0.5, 0.6) is 5.75 Å². The van der Waals surface area contributed by atoms with Crippen LogP contribution in [-0.4, -0.2) is 27.1 Å². The van der Waals surface area contributed by atoms with E-state index in [9.17, 15) is 13.2 Å². The highest BCUT2D eigenvalue weighted by Crippen LogP contribution is 2.31. The minimum Gasteiger partial charge on any atom is -0.468 e. The Labute approximate surface area is 158 Å². The fraction of sp³-hybridized carbons (Fsp3) is 0.429. The van der Waals surface area contributed by atoms with Crippen LogP contribution in [0.25, 0.3) is 11.1 Å². The van der Waals surface area contributed by atoms with E-state index >= 15 is 0 Å². The van der Waals surface area contributed by atoms with Crippen LogP contribution in [0.2, 0.25) is 0 Å². The first-order valence-electron chi connectivity index (χ1n) is 8.74. The quantitative estimate of drug-likeness (QED) is 0.406. The topological polar surface area (TPSA) is 27.7 Å². The molecule has 6 heteroatoms. The summed E-state index contributed by atoms with van der Waals surface area (Å²) >= 11 is 0. The summed E-state index contributed by atoms with van der Waals surface area (Å²) in [6, 6.07) is 12.2. The van der Waals surface area contributed by atoms with Crippen LogP contribution < -0.4 is 4.74 Å². The van der Waals surface area contributed by atoms with Crippen LogP contribution in [0, 0.1) is 5.41 Å². The van der Waals surface area contributed by atoms with Gasteiger partial charge in [-0.1, -0.05) is 38.1 Å². The van der Waals surface area contributed by atoms with Crippen molar-refractivity contribution in [2.45, 2.75) is 26.4 Å². The largest absolute Gasteiger partial charge is 0.468 e. The Morgan fingerprint density at radius 2 is 1.41 bits per heavy atom. The van der Waals surface area contributed by atoms with Gasteiger partial charge in [0.15, 0.2) is 6.79 Å². The van der Waals surface area contributed by atoms with Crippen molar-refractivity contribution >= 4 is 0 Å². The molecule has 0 fully saturated rings. The molecule has 1 unspecified atom stereocenters. The van der Waals surface area contributed by atoms with Crippen LogP contribution in [0.1, 0.15) is 25.8 Å². The number of halogens is 3. The molecule has 148 valence electrons. The molecule has 0 heterocycles. The van der Waals surface area contributed by atoms with Crippen LogP contribution in [0.4, 0.5) is 13.2 Å². The minimum atomic E-state index is -4.33. The van der Waals surface area contributed by atoms with Crippen LogP contribution in [-0.2, 0) is 15.7 Å². The van der Waals surface area contributed by atoms with Crippen molar-refractivity contribution in [3.05, 3.63) is 54.1 Å². The molecule has 1 atom stereocenters. The first kappa shape index (κ1) is 21.3. The monoisotopic (exact) mass is 382 g/mol. The van der Waals surface area contributed by atoms with E-state index in [2.05, 4.69) is 13.8 Å². The number of ether oxygens (including phenoxy) is 3. The Morgan fingerprint density at radius 1 is 0.852 bits per heavy atom. The maximum Gasteiger partial charge on any atom is 0.416 e. The maximum atomic E-state index is 12.6. The van der Waals surface area contributed by atoms with Crippen LogP contribution in [0.3, 0.4) is 0 Å². The summed E-state index contributed by atoms with van der Waals surface area (Å²) in [5.41, 5.74) is 0.820. The van der Waals surface area contributed by atoms with Crippen molar-refractivity contribution in [1.29, 1.82) is 0 Å². The molecule has 0 amide bonds. The van der Waals surface area contributed by atoms with Gasteiger partial charge in [0, 0.05) is 12.5 Å². The summed E-state index contributed by atoms with van der Waals surface area (Å²) in [4.78, 5) is 0. The molecule has 2 aromatic rings. The fourth-order valence-corrected chi connectivity index (χ4v) is 2.59. The van der Waals surface area contributed by atoms with Gasteiger partial charge in [-0.05, 0) is 41.8 Å². The number of benzene rings is 2. The molecule has 3 nitrogen and oxygen atoms in total. The fourth-order valence-electron chi connectivity index (χ4n) is 2.59. The maximum absolute atomic E-state index is 12.6. The molecule has 2 rings (SSSR count). The van der Waals surface area contributed by atoms with E-state index in [0.29, 0.717) is 24.5 Å². The zero-order chi connectivity index (χ0) is 19.9. The van der Waals surface area contributed by atoms with Gasteiger partial charge in [-0.25, -0.2) is 0 Å². The molecule has 2 aromatic carbocycles. The van der Waals surface area contributed by atoms with Crippen molar-refractivity contribution in [1.82, 2.24) is 0 Å². The third-order valence-corrected chi connectivity index (χ3v) is 4.51. The molecule has 0 aliphatic carbocycles. The second kappa shape index (κ2) is 9.24. The minimum absolute atomic E-state index is 0.0510. The Balaban J connectivity index is 1.88. The highest BCUT2D eigenvalue weighted by atomic mass is 19.4. The second-order valence-corrected chi connectivity index (χ2v) is 6.81. The molecule has 27 heavy (non-hydrogen) atoms. The molecule has 0 radical (unpaired) electrons. The molecule has 0 spiro atoms. The van der Waals surface area contributed by atoms with Gasteiger partial charge in [0.05, 0.1) is 18.8 Å². The highest BCUT2D eigenvalue weighted by molar-refractivity contribution is 5.64. The van der Waals surface area contributed by atoms with Crippen molar-refractivity contribution in [2.75, 3.05) is 27.1 Å². The first-order chi connectivity index (χ1) is 12.8. The average Bonchev–Trinajstić information content (AvgIpc) is 2.65. The zero-order valence-electron chi connectivity index (χ0n) is 15.8. The lowest BCUT2D eigenvalue weighted by Gasteiger charge is -2.26. The van der Waals surface area contributed by atoms with E-state index in [1.165, 1.54) is 12.1 Å². The normalized spacial score (nSPS) is 14.0. The lowest BCUT2D eigenvalue weighted by molar-refractivity contribution is -0.137. The number of hydrogen-bond donors (Lipinski definition) is 0. The Bertz CT molecular complexity index is 696. The van der Waals surface area contributed by atoms with Gasteiger partial charge in [0.25, 0.3) is 0 Å². The molecular formula is C21H25F3O3. The number of alkyl halides is 3. The van der Waals surface area contributed by atoms with Gasteiger partial charge >= 0.3 is 6.18 Å². The van der Waals surface area contributed by atoms with Crippen molar-refractivity contribution in [2.24, 2.45) is 5.41 Å². The second-order valence-electron chi connectivity index (χ2n) is 6.81. The molecule has 0 saturated heterocycles. The third kappa shape index (κ3) is 6.26. The van der Waals surface area contributed by atoms with Gasteiger partial charge in [-0.3, -0.25) is 0 Å². The van der Waals surface area contributed by atoms with Gasteiger partial charge in [-0.2, -0.15) is 13.2 Å². The molecule has 0 N–H and O–H groups in total. The van der Waals surface area contributed by atoms with Gasteiger partial charge in [-0.15, -0.1) is 0 Å².